The number of rotatable bonds is 6. The van der Waals surface area contributed by atoms with Gasteiger partial charge in [0, 0.05) is 19.2 Å². The molecular formula is C13H16N2O5. The molecule has 7 heteroatoms. The fraction of sp³-hybridized carbons (Fsp3) is 0.385. The molecule has 0 heterocycles. The van der Waals surface area contributed by atoms with Crippen LogP contribution in [-0.4, -0.2) is 41.9 Å². The van der Waals surface area contributed by atoms with Crippen molar-refractivity contribution in [1.29, 1.82) is 0 Å². The van der Waals surface area contributed by atoms with Gasteiger partial charge in [0.15, 0.2) is 0 Å². The molecule has 0 aliphatic rings. The number of hydrogen-bond donors (Lipinski definition) is 0. The summed E-state index contributed by atoms with van der Waals surface area (Å²) in [5, 5.41) is 10.6. The first-order valence-electron chi connectivity index (χ1n) is 6.07. The lowest BCUT2D eigenvalue weighted by Gasteiger charge is -2.15. The van der Waals surface area contributed by atoms with Crippen LogP contribution in [-0.2, 0) is 20.7 Å². The summed E-state index contributed by atoms with van der Waals surface area (Å²) < 4.78 is 4.74. The highest BCUT2D eigenvalue weighted by Crippen LogP contribution is 2.14. The number of hydrogen-bond acceptors (Lipinski definition) is 5. The Balaban J connectivity index is 2.63. The van der Waals surface area contributed by atoms with Gasteiger partial charge in [0.1, 0.15) is 6.54 Å². The number of carbonyl (C=O) groups is 2. The monoisotopic (exact) mass is 280 g/mol. The molecule has 0 aliphatic carbocycles. The highest BCUT2D eigenvalue weighted by molar-refractivity contribution is 5.83. The molecule has 1 rings (SSSR count). The van der Waals surface area contributed by atoms with Crippen molar-refractivity contribution in [3.8, 4) is 0 Å². The fourth-order valence-electron chi connectivity index (χ4n) is 1.58. The maximum absolute atomic E-state index is 11.9. The molecule has 1 aromatic rings. The Morgan fingerprint density at radius 1 is 1.40 bits per heavy atom. The van der Waals surface area contributed by atoms with Crippen molar-refractivity contribution in [3.63, 3.8) is 0 Å². The van der Waals surface area contributed by atoms with Crippen LogP contribution in [0.3, 0.4) is 0 Å². The summed E-state index contributed by atoms with van der Waals surface area (Å²) in [6.45, 7) is 1.80. The Bertz CT molecular complexity index is 515. The van der Waals surface area contributed by atoms with E-state index in [1.54, 1.807) is 13.0 Å². The summed E-state index contributed by atoms with van der Waals surface area (Å²) in [7, 11) is 1.48. The third kappa shape index (κ3) is 4.68. The highest BCUT2D eigenvalue weighted by atomic mass is 16.6. The van der Waals surface area contributed by atoms with Gasteiger partial charge in [-0.1, -0.05) is 12.1 Å². The fourth-order valence-corrected chi connectivity index (χ4v) is 1.58. The molecule has 0 saturated carbocycles. The number of carbonyl (C=O) groups excluding carboxylic acids is 2. The number of benzene rings is 1. The topological polar surface area (TPSA) is 89.8 Å². The van der Waals surface area contributed by atoms with Crippen LogP contribution in [0.4, 0.5) is 5.69 Å². The van der Waals surface area contributed by atoms with Gasteiger partial charge in [0.25, 0.3) is 5.69 Å². The van der Waals surface area contributed by atoms with Crippen LogP contribution in [0.5, 0.6) is 0 Å². The standard InChI is InChI=1S/C13H16N2O5/c1-3-20-13(17)9-14(2)12(16)8-10-5-4-6-11(7-10)15(18)19/h4-7H,3,8-9H2,1-2H3. The zero-order valence-corrected chi connectivity index (χ0v) is 11.4. The van der Waals surface area contributed by atoms with Gasteiger partial charge >= 0.3 is 5.97 Å². The van der Waals surface area contributed by atoms with Gasteiger partial charge in [0.2, 0.25) is 5.91 Å². The average Bonchev–Trinajstić information content (AvgIpc) is 2.39. The summed E-state index contributed by atoms with van der Waals surface area (Å²) in [6.07, 6.45) is -0.00240. The molecule has 0 fully saturated rings. The smallest absolute Gasteiger partial charge is 0.325 e. The molecule has 0 unspecified atom stereocenters. The van der Waals surface area contributed by atoms with Crippen LogP contribution in [0.2, 0.25) is 0 Å². The molecule has 0 spiro atoms. The Morgan fingerprint density at radius 3 is 2.70 bits per heavy atom. The van der Waals surface area contributed by atoms with Crippen molar-refractivity contribution in [1.82, 2.24) is 4.90 Å². The van der Waals surface area contributed by atoms with E-state index in [1.165, 1.54) is 30.1 Å². The van der Waals surface area contributed by atoms with Gasteiger partial charge in [-0.3, -0.25) is 19.7 Å². The zero-order valence-electron chi connectivity index (χ0n) is 11.4. The number of esters is 1. The minimum atomic E-state index is -0.518. The van der Waals surface area contributed by atoms with E-state index in [0.29, 0.717) is 5.56 Å². The van der Waals surface area contributed by atoms with Gasteiger partial charge in [-0.25, -0.2) is 0 Å². The molecule has 0 radical (unpaired) electrons. The molecular weight excluding hydrogens is 264 g/mol. The van der Waals surface area contributed by atoms with Crippen LogP contribution in [0.1, 0.15) is 12.5 Å². The van der Waals surface area contributed by atoms with E-state index >= 15 is 0 Å². The Kier molecular flexibility index (Phi) is 5.64. The SMILES string of the molecule is CCOC(=O)CN(C)C(=O)Cc1cccc([N+](=O)[O-])c1. The lowest BCUT2D eigenvalue weighted by molar-refractivity contribution is -0.384. The van der Waals surface area contributed by atoms with Crippen molar-refractivity contribution >= 4 is 17.6 Å². The molecule has 0 atom stereocenters. The lowest BCUT2D eigenvalue weighted by atomic mass is 10.1. The minimum absolute atomic E-state index is 0.00240. The van der Waals surface area contributed by atoms with E-state index in [-0.39, 0.29) is 31.2 Å². The maximum Gasteiger partial charge on any atom is 0.325 e. The predicted molar refractivity (Wildman–Crippen MR) is 71.1 cm³/mol. The van der Waals surface area contributed by atoms with Crippen molar-refractivity contribution in [3.05, 3.63) is 39.9 Å². The van der Waals surface area contributed by atoms with Crippen LogP contribution in [0.15, 0.2) is 24.3 Å². The van der Waals surface area contributed by atoms with Gasteiger partial charge in [-0.2, -0.15) is 0 Å². The molecule has 0 N–H and O–H groups in total. The van der Waals surface area contributed by atoms with E-state index in [9.17, 15) is 19.7 Å². The molecule has 0 saturated heterocycles. The Hall–Kier alpha value is -2.44. The van der Waals surface area contributed by atoms with E-state index < -0.39 is 10.9 Å². The Morgan fingerprint density at radius 2 is 2.10 bits per heavy atom. The second kappa shape index (κ2) is 7.22. The summed E-state index contributed by atoms with van der Waals surface area (Å²) in [4.78, 5) is 34.5. The lowest BCUT2D eigenvalue weighted by Crippen LogP contribution is -2.34. The first-order valence-corrected chi connectivity index (χ1v) is 6.07. The summed E-state index contributed by atoms with van der Waals surface area (Å²) in [5.41, 5.74) is 0.461. The van der Waals surface area contributed by atoms with Gasteiger partial charge in [-0.05, 0) is 12.5 Å². The van der Waals surface area contributed by atoms with Crippen LogP contribution >= 0.6 is 0 Å². The van der Waals surface area contributed by atoms with Crippen LogP contribution in [0, 0.1) is 10.1 Å². The van der Waals surface area contributed by atoms with E-state index in [0.717, 1.165) is 0 Å². The average molecular weight is 280 g/mol. The number of nitro benzene ring substituents is 1. The predicted octanol–water partition coefficient (Wildman–Crippen LogP) is 1.16. The number of nitrogens with zero attached hydrogens (tertiary/aromatic N) is 2. The quantitative estimate of drug-likeness (QED) is 0.443. The van der Waals surface area contributed by atoms with Crippen molar-refractivity contribution in [2.24, 2.45) is 0 Å². The summed E-state index contributed by atoms with van der Waals surface area (Å²) in [5.74, 6) is -0.791. The second-order valence-corrected chi connectivity index (χ2v) is 4.16. The third-order valence-electron chi connectivity index (χ3n) is 2.57. The van der Waals surface area contributed by atoms with Crippen LogP contribution in [0.25, 0.3) is 0 Å². The molecule has 0 aromatic heterocycles. The third-order valence-corrected chi connectivity index (χ3v) is 2.57. The maximum atomic E-state index is 11.9. The van der Waals surface area contributed by atoms with E-state index in [2.05, 4.69) is 0 Å². The number of ether oxygens (including phenoxy) is 1. The van der Waals surface area contributed by atoms with Gasteiger partial charge in [-0.15, -0.1) is 0 Å². The summed E-state index contributed by atoms with van der Waals surface area (Å²) >= 11 is 0. The second-order valence-electron chi connectivity index (χ2n) is 4.16. The largest absolute Gasteiger partial charge is 0.465 e. The molecule has 20 heavy (non-hydrogen) atoms. The van der Waals surface area contributed by atoms with E-state index in [4.69, 9.17) is 4.74 Å². The summed E-state index contributed by atoms with van der Waals surface area (Å²) in [6, 6.07) is 5.85. The Labute approximate surface area is 116 Å². The van der Waals surface area contributed by atoms with Crippen molar-refractivity contribution < 1.29 is 19.2 Å². The number of non-ortho nitro benzene ring substituents is 1. The molecule has 1 amide bonds. The van der Waals surface area contributed by atoms with Gasteiger partial charge in [0.05, 0.1) is 18.0 Å². The first kappa shape index (κ1) is 15.6. The number of nitro groups is 1. The van der Waals surface area contributed by atoms with Crippen molar-refractivity contribution in [2.75, 3.05) is 20.2 Å². The minimum Gasteiger partial charge on any atom is -0.465 e. The number of amides is 1. The normalized spacial score (nSPS) is 9.90. The number of likely N-dealkylation sites (N-methyl/N-ethyl adjacent to an activating group) is 1. The first-order chi connectivity index (χ1) is 9.43. The van der Waals surface area contributed by atoms with Crippen LogP contribution < -0.4 is 0 Å². The van der Waals surface area contributed by atoms with E-state index in [1.807, 2.05) is 0 Å². The molecule has 1 aromatic carbocycles. The molecule has 7 nitrogen and oxygen atoms in total. The van der Waals surface area contributed by atoms with Gasteiger partial charge < -0.3 is 9.64 Å². The molecule has 108 valence electrons. The highest BCUT2D eigenvalue weighted by Gasteiger charge is 2.15. The zero-order chi connectivity index (χ0) is 15.1. The molecule has 0 aliphatic heterocycles. The molecule has 0 bridgehead atoms. The van der Waals surface area contributed by atoms with Crippen molar-refractivity contribution in [2.45, 2.75) is 13.3 Å².